The molecular weight excluding hydrogens is 260 g/mol. The van der Waals surface area contributed by atoms with Crippen LogP contribution in [0.4, 0.5) is 4.79 Å². The number of likely N-dealkylation sites (tertiary alicyclic amines) is 1. The van der Waals surface area contributed by atoms with Crippen LogP contribution in [0.3, 0.4) is 0 Å². The van der Waals surface area contributed by atoms with E-state index in [2.05, 4.69) is 11.6 Å². The summed E-state index contributed by atoms with van der Waals surface area (Å²) in [7, 11) is 0. The molecule has 0 spiro atoms. The number of thioether (sulfide) groups is 1. The lowest BCUT2D eigenvalue weighted by Gasteiger charge is -2.34. The molecule has 1 saturated heterocycles. The largest absolute Gasteiger partial charge is 0.444 e. The van der Waals surface area contributed by atoms with Gasteiger partial charge in [0, 0.05) is 19.1 Å². The summed E-state index contributed by atoms with van der Waals surface area (Å²) in [6.45, 7) is 8.35. The average Bonchev–Trinajstić information content (AvgIpc) is 2.33. The van der Waals surface area contributed by atoms with Crippen molar-refractivity contribution >= 4 is 17.9 Å². The van der Waals surface area contributed by atoms with Crippen LogP contribution < -0.4 is 5.32 Å². The van der Waals surface area contributed by atoms with Crippen molar-refractivity contribution < 1.29 is 9.53 Å². The Kier molecular flexibility index (Phi) is 7.00. The minimum atomic E-state index is -0.407. The second-order valence-electron chi connectivity index (χ2n) is 6.07. The zero-order valence-electron chi connectivity index (χ0n) is 12.7. The molecule has 0 radical (unpaired) electrons. The second-order valence-corrected chi connectivity index (χ2v) is 7.05. The van der Waals surface area contributed by atoms with Gasteiger partial charge in [0.25, 0.3) is 0 Å². The predicted molar refractivity (Wildman–Crippen MR) is 81.8 cm³/mol. The first-order valence-electron chi connectivity index (χ1n) is 7.12. The molecule has 0 bridgehead atoms. The summed E-state index contributed by atoms with van der Waals surface area (Å²) in [5, 5.41) is 3.54. The molecule has 0 aromatic rings. The van der Waals surface area contributed by atoms with Gasteiger partial charge in [-0.2, -0.15) is 11.8 Å². The lowest BCUT2D eigenvalue weighted by Crippen LogP contribution is -2.49. The molecule has 4 nitrogen and oxygen atoms in total. The van der Waals surface area contributed by atoms with Crippen LogP contribution in [0.2, 0.25) is 0 Å². The highest BCUT2D eigenvalue weighted by atomic mass is 32.2. The number of nitrogens with zero attached hydrogens (tertiary/aromatic N) is 1. The molecule has 1 heterocycles. The molecule has 1 atom stereocenters. The monoisotopic (exact) mass is 288 g/mol. The van der Waals surface area contributed by atoms with Crippen molar-refractivity contribution in [2.45, 2.75) is 51.7 Å². The maximum Gasteiger partial charge on any atom is 0.410 e. The number of hydrogen-bond acceptors (Lipinski definition) is 4. The zero-order chi connectivity index (χ0) is 14.3. The Morgan fingerprint density at radius 3 is 2.84 bits per heavy atom. The first-order valence-corrected chi connectivity index (χ1v) is 8.52. The highest BCUT2D eigenvalue weighted by Crippen LogP contribution is 2.15. The van der Waals surface area contributed by atoms with E-state index in [1.165, 1.54) is 12.2 Å². The topological polar surface area (TPSA) is 41.6 Å². The van der Waals surface area contributed by atoms with Crippen LogP contribution in [0.25, 0.3) is 0 Å². The van der Waals surface area contributed by atoms with Crippen molar-refractivity contribution in [2.75, 3.05) is 31.6 Å². The minimum Gasteiger partial charge on any atom is -0.444 e. The van der Waals surface area contributed by atoms with E-state index in [0.29, 0.717) is 6.04 Å². The van der Waals surface area contributed by atoms with Crippen molar-refractivity contribution in [2.24, 2.45) is 0 Å². The van der Waals surface area contributed by atoms with Gasteiger partial charge >= 0.3 is 6.09 Å². The molecule has 1 unspecified atom stereocenters. The zero-order valence-corrected chi connectivity index (χ0v) is 13.5. The highest BCUT2D eigenvalue weighted by Gasteiger charge is 2.27. The van der Waals surface area contributed by atoms with Crippen LogP contribution >= 0.6 is 11.8 Å². The van der Waals surface area contributed by atoms with Crippen LogP contribution in [-0.2, 0) is 4.74 Å². The van der Waals surface area contributed by atoms with Gasteiger partial charge in [0.05, 0.1) is 0 Å². The SMILES string of the molecule is CSCCCNC1CCCN(C(=O)OC(C)(C)C)C1. The van der Waals surface area contributed by atoms with Crippen LogP contribution in [0.1, 0.15) is 40.0 Å². The van der Waals surface area contributed by atoms with E-state index in [1.807, 2.05) is 37.4 Å². The summed E-state index contributed by atoms with van der Waals surface area (Å²) in [6, 6.07) is 0.420. The van der Waals surface area contributed by atoms with Gasteiger partial charge in [-0.1, -0.05) is 0 Å². The van der Waals surface area contributed by atoms with Gasteiger partial charge in [-0.25, -0.2) is 4.79 Å². The van der Waals surface area contributed by atoms with Gasteiger partial charge in [0.15, 0.2) is 0 Å². The molecule has 0 aromatic carbocycles. The van der Waals surface area contributed by atoms with Crippen molar-refractivity contribution in [3.63, 3.8) is 0 Å². The molecule has 1 amide bonds. The number of carbonyl (C=O) groups excluding carboxylic acids is 1. The third kappa shape index (κ3) is 7.06. The second kappa shape index (κ2) is 8.00. The molecule has 1 fully saturated rings. The number of rotatable bonds is 5. The molecule has 112 valence electrons. The van der Waals surface area contributed by atoms with Crippen LogP contribution in [0, 0.1) is 0 Å². The summed E-state index contributed by atoms with van der Waals surface area (Å²) >= 11 is 1.88. The van der Waals surface area contributed by atoms with Crippen LogP contribution in [0.5, 0.6) is 0 Å². The first kappa shape index (κ1) is 16.6. The smallest absolute Gasteiger partial charge is 0.410 e. The molecule has 0 aromatic heterocycles. The van der Waals surface area contributed by atoms with Crippen molar-refractivity contribution in [3.05, 3.63) is 0 Å². The number of carbonyl (C=O) groups is 1. The molecular formula is C14H28N2O2S. The Morgan fingerprint density at radius 2 is 2.21 bits per heavy atom. The molecule has 1 aliphatic heterocycles. The summed E-state index contributed by atoms with van der Waals surface area (Å²) in [5.74, 6) is 1.19. The van der Waals surface area contributed by atoms with Gasteiger partial charge < -0.3 is 15.0 Å². The van der Waals surface area contributed by atoms with Gasteiger partial charge in [-0.3, -0.25) is 0 Å². The lowest BCUT2D eigenvalue weighted by atomic mass is 10.1. The predicted octanol–water partition coefficient (Wildman–Crippen LogP) is 2.73. The third-order valence-corrected chi connectivity index (χ3v) is 3.73. The molecule has 0 aliphatic carbocycles. The Hall–Kier alpha value is -0.420. The lowest BCUT2D eigenvalue weighted by molar-refractivity contribution is 0.0188. The minimum absolute atomic E-state index is 0.178. The molecule has 0 saturated carbocycles. The first-order chi connectivity index (χ1) is 8.92. The van der Waals surface area contributed by atoms with E-state index in [4.69, 9.17) is 4.74 Å². The quantitative estimate of drug-likeness (QED) is 0.790. The standard InChI is InChI=1S/C14H28N2O2S/c1-14(2,3)18-13(17)16-9-5-7-12(11-16)15-8-6-10-19-4/h12,15H,5-11H2,1-4H3. The Labute approximate surface area is 121 Å². The van der Waals surface area contributed by atoms with Crippen LogP contribution in [-0.4, -0.2) is 54.3 Å². The number of piperidine rings is 1. The van der Waals surface area contributed by atoms with Gasteiger partial charge in [0.1, 0.15) is 5.60 Å². The summed E-state index contributed by atoms with van der Waals surface area (Å²) in [5.41, 5.74) is -0.407. The molecule has 19 heavy (non-hydrogen) atoms. The Balaban J connectivity index is 2.31. The molecule has 5 heteroatoms. The maximum atomic E-state index is 12.0. The highest BCUT2D eigenvalue weighted by molar-refractivity contribution is 7.98. The van der Waals surface area contributed by atoms with Crippen molar-refractivity contribution in [1.82, 2.24) is 10.2 Å². The fourth-order valence-corrected chi connectivity index (χ4v) is 2.59. The third-order valence-electron chi connectivity index (χ3n) is 3.03. The molecule has 1 N–H and O–H groups in total. The normalized spacial score (nSPS) is 20.4. The van der Waals surface area contributed by atoms with E-state index in [9.17, 15) is 4.79 Å². The van der Waals surface area contributed by atoms with Crippen molar-refractivity contribution in [1.29, 1.82) is 0 Å². The molecule has 1 aliphatic rings. The maximum absolute atomic E-state index is 12.0. The van der Waals surface area contributed by atoms with E-state index in [1.54, 1.807) is 0 Å². The van der Waals surface area contributed by atoms with E-state index < -0.39 is 5.60 Å². The Morgan fingerprint density at radius 1 is 1.47 bits per heavy atom. The van der Waals surface area contributed by atoms with E-state index >= 15 is 0 Å². The van der Waals surface area contributed by atoms with E-state index in [0.717, 1.165) is 32.5 Å². The Bertz CT molecular complexity index is 279. The number of ether oxygens (including phenoxy) is 1. The summed E-state index contributed by atoms with van der Waals surface area (Å²) in [4.78, 5) is 13.8. The van der Waals surface area contributed by atoms with E-state index in [-0.39, 0.29) is 6.09 Å². The molecule has 1 rings (SSSR count). The number of amides is 1. The summed E-state index contributed by atoms with van der Waals surface area (Å²) in [6.07, 6.45) is 5.34. The van der Waals surface area contributed by atoms with Gasteiger partial charge in [0.2, 0.25) is 0 Å². The van der Waals surface area contributed by atoms with Crippen molar-refractivity contribution in [3.8, 4) is 0 Å². The number of nitrogens with one attached hydrogen (secondary N) is 1. The fourth-order valence-electron chi connectivity index (χ4n) is 2.16. The number of hydrogen-bond donors (Lipinski definition) is 1. The van der Waals surface area contributed by atoms with Gasteiger partial charge in [-0.15, -0.1) is 0 Å². The van der Waals surface area contributed by atoms with Gasteiger partial charge in [-0.05, 0) is 58.6 Å². The fraction of sp³-hybridized carbons (Fsp3) is 0.929. The van der Waals surface area contributed by atoms with Crippen LogP contribution in [0.15, 0.2) is 0 Å². The summed E-state index contributed by atoms with van der Waals surface area (Å²) < 4.78 is 5.42. The average molecular weight is 288 g/mol.